The molecule has 0 atom stereocenters. The predicted octanol–water partition coefficient (Wildman–Crippen LogP) is 0.502. The van der Waals surface area contributed by atoms with Crippen LogP contribution in [-0.2, 0) is 7.05 Å². The van der Waals surface area contributed by atoms with Gasteiger partial charge in [-0.1, -0.05) is 11.8 Å². The summed E-state index contributed by atoms with van der Waals surface area (Å²) >= 11 is 1.46. The first-order valence-electron chi connectivity index (χ1n) is 2.81. The molecule has 10 heavy (non-hydrogen) atoms. The quantitative estimate of drug-likeness (QED) is 0.439. The van der Waals surface area contributed by atoms with Gasteiger partial charge in [-0.2, -0.15) is 4.98 Å². The number of aromatic nitrogens is 2. The Kier molecular flexibility index (Phi) is 2.11. The van der Waals surface area contributed by atoms with Gasteiger partial charge < -0.3 is 4.57 Å². The topological polar surface area (TPSA) is 34.9 Å². The van der Waals surface area contributed by atoms with Gasteiger partial charge >= 0.3 is 0 Å². The largest absolute Gasteiger partial charge is 0.330 e. The average Bonchev–Trinajstić information content (AvgIpc) is 1.94. The molecule has 0 spiro atoms. The van der Waals surface area contributed by atoms with Gasteiger partial charge in [0, 0.05) is 19.3 Å². The SMILES string of the molecule is CSc1nc(=O)ccn1C. The Morgan fingerprint density at radius 2 is 2.40 bits per heavy atom. The number of aryl methyl sites for hydroxylation is 1. The van der Waals surface area contributed by atoms with Gasteiger partial charge in [-0.25, -0.2) is 0 Å². The second-order valence-electron chi connectivity index (χ2n) is 1.86. The monoisotopic (exact) mass is 156 g/mol. The maximum atomic E-state index is 10.7. The minimum absolute atomic E-state index is 0.178. The van der Waals surface area contributed by atoms with Crippen molar-refractivity contribution in [1.82, 2.24) is 9.55 Å². The number of thioether (sulfide) groups is 1. The number of hydrogen-bond donors (Lipinski definition) is 0. The molecule has 0 unspecified atom stereocenters. The Hall–Kier alpha value is -0.770. The average molecular weight is 156 g/mol. The fraction of sp³-hybridized carbons (Fsp3) is 0.333. The molecule has 4 heteroatoms. The fourth-order valence-corrected chi connectivity index (χ4v) is 1.17. The van der Waals surface area contributed by atoms with Crippen LogP contribution in [0.25, 0.3) is 0 Å². The highest BCUT2D eigenvalue weighted by molar-refractivity contribution is 7.98. The standard InChI is InChI=1S/C6H8N2OS/c1-8-4-3-5(9)7-6(8)10-2/h3-4H,1-2H3. The van der Waals surface area contributed by atoms with Crippen LogP contribution in [0.3, 0.4) is 0 Å². The van der Waals surface area contributed by atoms with Crippen LogP contribution in [0.4, 0.5) is 0 Å². The van der Waals surface area contributed by atoms with Crippen LogP contribution in [-0.4, -0.2) is 15.8 Å². The van der Waals surface area contributed by atoms with E-state index in [1.165, 1.54) is 17.8 Å². The van der Waals surface area contributed by atoms with Crippen LogP contribution in [0.15, 0.2) is 22.2 Å². The highest BCUT2D eigenvalue weighted by Crippen LogP contribution is 2.05. The van der Waals surface area contributed by atoms with Crippen molar-refractivity contribution in [3.8, 4) is 0 Å². The molecule has 1 heterocycles. The molecule has 0 radical (unpaired) electrons. The molecular weight excluding hydrogens is 148 g/mol. The lowest BCUT2D eigenvalue weighted by molar-refractivity contribution is 0.728. The molecule has 0 aliphatic heterocycles. The van der Waals surface area contributed by atoms with Crippen molar-refractivity contribution in [1.29, 1.82) is 0 Å². The lowest BCUT2D eigenvalue weighted by atomic mass is 10.6. The van der Waals surface area contributed by atoms with E-state index in [0.717, 1.165) is 5.16 Å². The highest BCUT2D eigenvalue weighted by atomic mass is 32.2. The molecule has 0 saturated heterocycles. The normalized spacial score (nSPS) is 9.80. The van der Waals surface area contributed by atoms with Crippen molar-refractivity contribution in [2.45, 2.75) is 5.16 Å². The Morgan fingerprint density at radius 3 is 2.90 bits per heavy atom. The fourth-order valence-electron chi connectivity index (χ4n) is 0.639. The van der Waals surface area contributed by atoms with Crippen LogP contribution >= 0.6 is 11.8 Å². The minimum atomic E-state index is -0.178. The zero-order chi connectivity index (χ0) is 7.56. The molecule has 0 aromatic carbocycles. The summed E-state index contributed by atoms with van der Waals surface area (Å²) in [6, 6.07) is 1.44. The van der Waals surface area contributed by atoms with Crippen molar-refractivity contribution >= 4 is 11.8 Å². The van der Waals surface area contributed by atoms with E-state index in [4.69, 9.17) is 0 Å². The molecular formula is C6H8N2OS. The highest BCUT2D eigenvalue weighted by Gasteiger charge is 1.94. The molecule has 54 valence electrons. The van der Waals surface area contributed by atoms with Crippen LogP contribution in [0.1, 0.15) is 0 Å². The van der Waals surface area contributed by atoms with Crippen molar-refractivity contribution in [2.75, 3.05) is 6.26 Å². The summed E-state index contributed by atoms with van der Waals surface area (Å²) < 4.78 is 1.81. The second-order valence-corrected chi connectivity index (χ2v) is 2.64. The van der Waals surface area contributed by atoms with E-state index in [1.54, 1.807) is 6.20 Å². The van der Waals surface area contributed by atoms with E-state index in [1.807, 2.05) is 17.9 Å². The molecule has 0 fully saturated rings. The van der Waals surface area contributed by atoms with Gasteiger partial charge in [0.05, 0.1) is 0 Å². The molecule has 1 rings (SSSR count). The molecule has 0 aliphatic rings. The Balaban J connectivity index is 3.22. The predicted molar refractivity (Wildman–Crippen MR) is 41.3 cm³/mol. The summed E-state index contributed by atoms with van der Waals surface area (Å²) in [6.07, 6.45) is 3.60. The van der Waals surface area contributed by atoms with Gasteiger partial charge in [-0.15, -0.1) is 0 Å². The van der Waals surface area contributed by atoms with Crippen molar-refractivity contribution < 1.29 is 0 Å². The molecule has 3 nitrogen and oxygen atoms in total. The van der Waals surface area contributed by atoms with Crippen molar-refractivity contribution in [2.24, 2.45) is 7.05 Å². The van der Waals surface area contributed by atoms with Gasteiger partial charge in [0.2, 0.25) is 0 Å². The maximum Gasteiger partial charge on any atom is 0.273 e. The second kappa shape index (κ2) is 2.88. The zero-order valence-electron chi connectivity index (χ0n) is 5.87. The van der Waals surface area contributed by atoms with Crippen LogP contribution in [0.2, 0.25) is 0 Å². The van der Waals surface area contributed by atoms with E-state index in [-0.39, 0.29) is 5.56 Å². The summed E-state index contributed by atoms with van der Waals surface area (Å²) in [5.41, 5.74) is -0.178. The first-order valence-corrected chi connectivity index (χ1v) is 4.04. The Labute approximate surface area is 63.1 Å². The van der Waals surface area contributed by atoms with E-state index in [0.29, 0.717) is 0 Å². The lowest BCUT2D eigenvalue weighted by Crippen LogP contribution is -2.09. The number of hydrogen-bond acceptors (Lipinski definition) is 3. The third-order valence-electron chi connectivity index (χ3n) is 1.13. The smallest absolute Gasteiger partial charge is 0.273 e. The van der Waals surface area contributed by atoms with Gasteiger partial charge in [0.1, 0.15) is 0 Å². The molecule has 0 bridgehead atoms. The van der Waals surface area contributed by atoms with Gasteiger partial charge in [0.25, 0.3) is 5.56 Å². The van der Waals surface area contributed by atoms with Gasteiger partial charge in [0.15, 0.2) is 5.16 Å². The zero-order valence-corrected chi connectivity index (χ0v) is 6.68. The van der Waals surface area contributed by atoms with Gasteiger partial charge in [-0.3, -0.25) is 4.79 Å². The first kappa shape index (κ1) is 7.34. The Bertz CT molecular complexity index is 281. The molecule has 0 amide bonds. The summed E-state index contributed by atoms with van der Waals surface area (Å²) in [4.78, 5) is 14.4. The van der Waals surface area contributed by atoms with Crippen LogP contribution < -0.4 is 5.56 Å². The van der Waals surface area contributed by atoms with E-state index >= 15 is 0 Å². The molecule has 0 saturated carbocycles. The third kappa shape index (κ3) is 1.39. The van der Waals surface area contributed by atoms with E-state index < -0.39 is 0 Å². The van der Waals surface area contributed by atoms with E-state index in [2.05, 4.69) is 4.98 Å². The number of nitrogens with zero attached hydrogens (tertiary/aromatic N) is 2. The van der Waals surface area contributed by atoms with Crippen molar-refractivity contribution in [3.63, 3.8) is 0 Å². The molecule has 0 N–H and O–H groups in total. The third-order valence-corrected chi connectivity index (χ3v) is 1.88. The van der Waals surface area contributed by atoms with Crippen molar-refractivity contribution in [3.05, 3.63) is 22.6 Å². The lowest BCUT2D eigenvalue weighted by Gasteiger charge is -2.00. The summed E-state index contributed by atoms with van der Waals surface area (Å²) in [7, 11) is 1.86. The first-order chi connectivity index (χ1) is 4.74. The van der Waals surface area contributed by atoms with Gasteiger partial charge in [-0.05, 0) is 6.26 Å². The summed E-state index contributed by atoms with van der Waals surface area (Å²) in [5.74, 6) is 0. The summed E-state index contributed by atoms with van der Waals surface area (Å²) in [6.45, 7) is 0. The summed E-state index contributed by atoms with van der Waals surface area (Å²) in [5, 5.41) is 0.743. The van der Waals surface area contributed by atoms with E-state index in [9.17, 15) is 4.79 Å². The molecule has 1 aromatic rings. The van der Waals surface area contributed by atoms with Crippen LogP contribution in [0, 0.1) is 0 Å². The molecule has 0 aliphatic carbocycles. The molecule has 1 aromatic heterocycles. The van der Waals surface area contributed by atoms with Crippen LogP contribution in [0.5, 0.6) is 0 Å². The number of rotatable bonds is 1. The Morgan fingerprint density at radius 1 is 1.70 bits per heavy atom. The maximum absolute atomic E-state index is 10.7. The minimum Gasteiger partial charge on any atom is -0.330 e.